The molecule has 1 fully saturated rings. The Morgan fingerprint density at radius 1 is 1.39 bits per heavy atom. The molecule has 0 bridgehead atoms. The fraction of sp³-hybridized carbons (Fsp3) is 0.500. The van der Waals surface area contributed by atoms with Gasteiger partial charge in [-0.15, -0.1) is 5.10 Å². The molecule has 0 saturated carbocycles. The standard InChI is InChI=1S/C16H19N9O2S/c1-24-16(20-22-23-24)28-10-14(26)25-6-2-3-11(9-25)7-13-19-15(21-27-13)12-8-17-4-5-18-12/h4-5,8,11H,2-3,6-7,9-10H2,1H3. The number of hydrogen-bond donors (Lipinski definition) is 0. The van der Waals surface area contributed by atoms with Crippen molar-refractivity contribution in [3.63, 3.8) is 0 Å². The van der Waals surface area contributed by atoms with Gasteiger partial charge in [0.1, 0.15) is 5.69 Å². The lowest BCUT2D eigenvalue weighted by atomic mass is 9.95. The number of hydrogen-bond acceptors (Lipinski definition) is 10. The van der Waals surface area contributed by atoms with Gasteiger partial charge in [0.25, 0.3) is 0 Å². The molecule has 28 heavy (non-hydrogen) atoms. The smallest absolute Gasteiger partial charge is 0.233 e. The zero-order chi connectivity index (χ0) is 19.3. The number of tetrazole rings is 1. The van der Waals surface area contributed by atoms with Crippen molar-refractivity contribution in [3.05, 3.63) is 24.5 Å². The van der Waals surface area contributed by atoms with Crippen LogP contribution in [0.25, 0.3) is 11.5 Å². The average Bonchev–Trinajstić information content (AvgIpc) is 3.36. The first-order chi connectivity index (χ1) is 13.7. The van der Waals surface area contributed by atoms with E-state index in [1.807, 2.05) is 4.90 Å². The second kappa shape index (κ2) is 8.42. The topological polar surface area (TPSA) is 129 Å². The SMILES string of the molecule is Cn1nnnc1SCC(=O)N1CCCC(Cc2nc(-c3cnccn3)no2)C1. The molecule has 1 atom stereocenters. The lowest BCUT2D eigenvalue weighted by Gasteiger charge is -2.32. The van der Waals surface area contributed by atoms with Crippen LogP contribution in [0.2, 0.25) is 0 Å². The van der Waals surface area contributed by atoms with Crippen LogP contribution in [0, 0.1) is 5.92 Å². The van der Waals surface area contributed by atoms with Crippen LogP contribution in [0.3, 0.4) is 0 Å². The Kier molecular flexibility index (Phi) is 5.55. The van der Waals surface area contributed by atoms with E-state index < -0.39 is 0 Å². The molecule has 1 unspecified atom stereocenters. The Balaban J connectivity index is 1.32. The molecule has 4 heterocycles. The number of carbonyl (C=O) groups excluding carboxylic acids is 1. The summed E-state index contributed by atoms with van der Waals surface area (Å²) < 4.78 is 6.92. The molecule has 0 N–H and O–H groups in total. The Bertz CT molecular complexity index is 929. The first kappa shape index (κ1) is 18.5. The Morgan fingerprint density at radius 3 is 3.11 bits per heavy atom. The van der Waals surface area contributed by atoms with Gasteiger partial charge in [0.2, 0.25) is 22.8 Å². The van der Waals surface area contributed by atoms with E-state index in [9.17, 15) is 4.79 Å². The highest BCUT2D eigenvalue weighted by molar-refractivity contribution is 7.99. The highest BCUT2D eigenvalue weighted by Gasteiger charge is 2.26. The van der Waals surface area contributed by atoms with Gasteiger partial charge in [-0.2, -0.15) is 4.98 Å². The Hall–Kier alpha value is -2.89. The lowest BCUT2D eigenvalue weighted by molar-refractivity contribution is -0.130. The summed E-state index contributed by atoms with van der Waals surface area (Å²) in [6, 6.07) is 0. The van der Waals surface area contributed by atoms with Crippen molar-refractivity contribution in [1.82, 2.24) is 45.2 Å². The minimum atomic E-state index is 0.0866. The van der Waals surface area contributed by atoms with Gasteiger partial charge >= 0.3 is 0 Å². The van der Waals surface area contributed by atoms with E-state index in [0.717, 1.165) is 19.4 Å². The van der Waals surface area contributed by atoms with Crippen molar-refractivity contribution < 1.29 is 9.32 Å². The van der Waals surface area contributed by atoms with E-state index in [0.29, 0.717) is 41.3 Å². The van der Waals surface area contributed by atoms with Crippen molar-refractivity contribution in [3.8, 4) is 11.5 Å². The molecule has 11 nitrogen and oxygen atoms in total. The quantitative estimate of drug-likeness (QED) is 0.542. The summed E-state index contributed by atoms with van der Waals surface area (Å²) in [5.74, 6) is 1.68. The molecule has 1 saturated heterocycles. The number of aryl methyl sites for hydroxylation is 1. The summed E-state index contributed by atoms with van der Waals surface area (Å²) in [6.45, 7) is 1.45. The zero-order valence-corrected chi connectivity index (χ0v) is 16.1. The number of carbonyl (C=O) groups is 1. The molecule has 0 radical (unpaired) electrons. The molecule has 1 aliphatic rings. The highest BCUT2D eigenvalue weighted by Crippen LogP contribution is 2.23. The zero-order valence-electron chi connectivity index (χ0n) is 15.3. The minimum Gasteiger partial charge on any atom is -0.342 e. The van der Waals surface area contributed by atoms with Crippen LogP contribution in [0.5, 0.6) is 0 Å². The molecule has 0 spiro atoms. The van der Waals surface area contributed by atoms with Crippen LogP contribution in [-0.2, 0) is 18.3 Å². The molecule has 12 heteroatoms. The third-order valence-electron chi connectivity index (χ3n) is 4.50. The number of aromatic nitrogens is 8. The maximum atomic E-state index is 12.6. The first-order valence-electron chi connectivity index (χ1n) is 8.91. The molecule has 3 aromatic heterocycles. The summed E-state index contributed by atoms with van der Waals surface area (Å²) in [4.78, 5) is 27.0. The number of piperidine rings is 1. The van der Waals surface area contributed by atoms with Crippen molar-refractivity contribution in [2.45, 2.75) is 24.4 Å². The predicted octanol–water partition coefficient (Wildman–Crippen LogP) is 0.623. The second-order valence-electron chi connectivity index (χ2n) is 6.53. The van der Waals surface area contributed by atoms with Crippen molar-refractivity contribution in [1.29, 1.82) is 0 Å². The van der Waals surface area contributed by atoms with E-state index >= 15 is 0 Å². The van der Waals surface area contributed by atoms with E-state index in [1.165, 1.54) is 11.8 Å². The third kappa shape index (κ3) is 4.32. The van der Waals surface area contributed by atoms with E-state index in [4.69, 9.17) is 4.52 Å². The normalized spacial score (nSPS) is 17.0. The third-order valence-corrected chi connectivity index (χ3v) is 5.50. The van der Waals surface area contributed by atoms with E-state index in [-0.39, 0.29) is 11.8 Å². The molecule has 1 amide bonds. The number of likely N-dealkylation sites (tertiary alicyclic amines) is 1. The molecule has 0 aromatic carbocycles. The summed E-state index contributed by atoms with van der Waals surface area (Å²) in [5.41, 5.74) is 0.577. The monoisotopic (exact) mass is 401 g/mol. The molecule has 146 valence electrons. The van der Waals surface area contributed by atoms with Crippen LogP contribution < -0.4 is 0 Å². The maximum absolute atomic E-state index is 12.6. The largest absolute Gasteiger partial charge is 0.342 e. The van der Waals surface area contributed by atoms with Crippen LogP contribution in [0.15, 0.2) is 28.3 Å². The van der Waals surface area contributed by atoms with Crippen molar-refractivity contribution in [2.75, 3.05) is 18.8 Å². The van der Waals surface area contributed by atoms with E-state index in [2.05, 4.69) is 35.6 Å². The highest BCUT2D eigenvalue weighted by atomic mass is 32.2. The fourth-order valence-electron chi connectivity index (χ4n) is 3.12. The molecule has 1 aliphatic heterocycles. The summed E-state index contributed by atoms with van der Waals surface area (Å²) in [7, 11) is 1.75. The number of amides is 1. The van der Waals surface area contributed by atoms with Gasteiger partial charge in [-0.05, 0) is 29.2 Å². The minimum absolute atomic E-state index is 0.0866. The summed E-state index contributed by atoms with van der Waals surface area (Å²) >= 11 is 1.34. The molecule has 4 rings (SSSR count). The Labute approximate surface area is 164 Å². The van der Waals surface area contributed by atoms with Gasteiger partial charge in [0, 0.05) is 39.0 Å². The first-order valence-corrected chi connectivity index (χ1v) is 9.89. The van der Waals surface area contributed by atoms with Gasteiger partial charge < -0.3 is 9.42 Å². The van der Waals surface area contributed by atoms with Gasteiger partial charge in [0.05, 0.1) is 11.9 Å². The number of rotatable bonds is 6. The van der Waals surface area contributed by atoms with Gasteiger partial charge in [-0.25, -0.2) is 9.67 Å². The summed E-state index contributed by atoms with van der Waals surface area (Å²) in [5, 5.41) is 15.8. The van der Waals surface area contributed by atoms with Crippen LogP contribution in [-0.4, -0.2) is 70.0 Å². The van der Waals surface area contributed by atoms with Gasteiger partial charge in [0.15, 0.2) is 0 Å². The Morgan fingerprint density at radius 2 is 2.32 bits per heavy atom. The molecule has 0 aliphatic carbocycles. The van der Waals surface area contributed by atoms with Crippen LogP contribution in [0.4, 0.5) is 0 Å². The van der Waals surface area contributed by atoms with E-state index in [1.54, 1.807) is 30.3 Å². The summed E-state index contributed by atoms with van der Waals surface area (Å²) in [6.07, 6.45) is 7.39. The maximum Gasteiger partial charge on any atom is 0.233 e. The second-order valence-corrected chi connectivity index (χ2v) is 7.47. The van der Waals surface area contributed by atoms with Gasteiger partial charge in [-0.1, -0.05) is 16.9 Å². The number of nitrogens with zero attached hydrogens (tertiary/aromatic N) is 9. The molecule has 3 aromatic rings. The fourth-order valence-corrected chi connectivity index (χ4v) is 3.88. The lowest BCUT2D eigenvalue weighted by Crippen LogP contribution is -2.41. The molecular weight excluding hydrogens is 382 g/mol. The van der Waals surface area contributed by atoms with Crippen molar-refractivity contribution >= 4 is 17.7 Å². The van der Waals surface area contributed by atoms with Gasteiger partial charge in [-0.3, -0.25) is 9.78 Å². The average molecular weight is 401 g/mol. The predicted molar refractivity (Wildman–Crippen MR) is 97.9 cm³/mol. The van der Waals surface area contributed by atoms with Crippen molar-refractivity contribution in [2.24, 2.45) is 13.0 Å². The van der Waals surface area contributed by atoms with Crippen LogP contribution >= 0.6 is 11.8 Å². The number of thioether (sulfide) groups is 1. The molecular formula is C16H19N9O2S. The van der Waals surface area contributed by atoms with Crippen LogP contribution in [0.1, 0.15) is 18.7 Å².